The lowest BCUT2D eigenvalue weighted by molar-refractivity contribution is -0.140. The van der Waals surface area contributed by atoms with E-state index < -0.39 is 16.0 Å². The van der Waals surface area contributed by atoms with E-state index in [9.17, 15) is 18.0 Å². The number of carbonyl (C=O) groups excluding carboxylic acids is 2. The quantitative estimate of drug-likeness (QED) is 0.470. The zero-order valence-corrected chi connectivity index (χ0v) is 18.4. The Kier molecular flexibility index (Phi) is 7.80. The third-order valence-corrected chi connectivity index (χ3v) is 6.16. The van der Waals surface area contributed by atoms with E-state index in [0.717, 1.165) is 5.56 Å². The summed E-state index contributed by atoms with van der Waals surface area (Å²) in [5, 5.41) is 0. The number of nitrogens with zero attached hydrogens (tertiary/aromatic N) is 1. The monoisotopic (exact) mass is 456 g/mol. The molecule has 0 unspecified atom stereocenters. The van der Waals surface area contributed by atoms with Gasteiger partial charge in [0.15, 0.2) is 0 Å². The topological polar surface area (TPSA) is 106 Å². The van der Waals surface area contributed by atoms with Crippen molar-refractivity contribution < 1.29 is 27.2 Å². The van der Waals surface area contributed by atoms with Gasteiger partial charge < -0.3 is 14.1 Å². The molecule has 0 radical (unpaired) electrons. The maximum absolute atomic E-state index is 13.1. The Hall–Kier alpha value is -3.43. The van der Waals surface area contributed by atoms with Crippen LogP contribution in [0.25, 0.3) is 0 Å². The van der Waals surface area contributed by atoms with Crippen molar-refractivity contribution >= 4 is 21.9 Å². The molecule has 0 aliphatic rings. The molecular formula is C23H24N2O6S. The molecule has 0 spiro atoms. The molecule has 0 fully saturated rings. The first kappa shape index (κ1) is 23.2. The third kappa shape index (κ3) is 6.29. The number of carbonyl (C=O) groups is 2. The number of hydrogen-bond acceptors (Lipinski definition) is 6. The van der Waals surface area contributed by atoms with Crippen LogP contribution in [0, 0.1) is 0 Å². The van der Waals surface area contributed by atoms with Gasteiger partial charge in [0.05, 0.1) is 31.2 Å². The van der Waals surface area contributed by atoms with Crippen LogP contribution in [-0.2, 0) is 32.6 Å². The van der Waals surface area contributed by atoms with Gasteiger partial charge in [-0.2, -0.15) is 0 Å². The average Bonchev–Trinajstić information content (AvgIpc) is 3.34. The highest BCUT2D eigenvalue weighted by Gasteiger charge is 2.20. The Labute approximate surface area is 186 Å². The van der Waals surface area contributed by atoms with Crippen LogP contribution < -0.4 is 4.72 Å². The molecule has 0 bridgehead atoms. The average molecular weight is 457 g/mol. The van der Waals surface area contributed by atoms with E-state index in [2.05, 4.69) is 9.46 Å². The molecule has 0 saturated carbocycles. The largest absolute Gasteiger partial charge is 0.469 e. The second-order valence-corrected chi connectivity index (χ2v) is 8.73. The van der Waals surface area contributed by atoms with E-state index >= 15 is 0 Å². The summed E-state index contributed by atoms with van der Waals surface area (Å²) in [6, 6.07) is 18.4. The van der Waals surface area contributed by atoms with Crippen molar-refractivity contribution in [1.29, 1.82) is 0 Å². The van der Waals surface area contributed by atoms with E-state index in [4.69, 9.17) is 4.42 Å². The number of hydrogen-bond donors (Lipinski definition) is 1. The van der Waals surface area contributed by atoms with Gasteiger partial charge in [-0.05, 0) is 42.0 Å². The molecule has 32 heavy (non-hydrogen) atoms. The summed E-state index contributed by atoms with van der Waals surface area (Å²) in [6.45, 7) is 0.501. The van der Waals surface area contributed by atoms with Crippen LogP contribution in [0.5, 0.6) is 0 Å². The number of sulfonamides is 1. The van der Waals surface area contributed by atoms with Gasteiger partial charge in [-0.25, -0.2) is 13.1 Å². The zero-order valence-electron chi connectivity index (χ0n) is 17.6. The van der Waals surface area contributed by atoms with Crippen LogP contribution in [0.4, 0.5) is 0 Å². The molecule has 1 heterocycles. The lowest BCUT2D eigenvalue weighted by Crippen LogP contribution is -2.33. The summed E-state index contributed by atoms with van der Waals surface area (Å²) in [7, 11) is -2.47. The van der Waals surface area contributed by atoms with Gasteiger partial charge >= 0.3 is 5.97 Å². The lowest BCUT2D eigenvalue weighted by Gasteiger charge is -2.22. The Morgan fingerprint density at radius 1 is 1.00 bits per heavy atom. The van der Waals surface area contributed by atoms with Crippen LogP contribution >= 0.6 is 0 Å². The molecule has 1 aromatic heterocycles. The molecule has 2 aromatic carbocycles. The number of furan rings is 1. The molecule has 1 amide bonds. The summed E-state index contributed by atoms with van der Waals surface area (Å²) in [5.41, 5.74) is 1.22. The molecule has 8 nitrogen and oxygen atoms in total. The Bertz CT molecular complexity index is 1130. The van der Waals surface area contributed by atoms with E-state index in [1.807, 2.05) is 30.3 Å². The van der Waals surface area contributed by atoms with Crippen molar-refractivity contribution in [2.75, 3.05) is 13.7 Å². The molecule has 0 aliphatic carbocycles. The van der Waals surface area contributed by atoms with E-state index in [1.54, 1.807) is 12.1 Å². The summed E-state index contributed by atoms with van der Waals surface area (Å²) in [4.78, 5) is 26.2. The van der Waals surface area contributed by atoms with Crippen molar-refractivity contribution in [3.63, 3.8) is 0 Å². The SMILES string of the molecule is COC(=O)CCN(Cc1ccccc1)C(=O)c1ccc(S(=O)(=O)NCc2ccco2)cc1. The minimum atomic E-state index is -3.77. The van der Waals surface area contributed by atoms with Crippen molar-refractivity contribution in [3.05, 3.63) is 89.9 Å². The number of rotatable bonds is 10. The lowest BCUT2D eigenvalue weighted by atomic mass is 10.1. The van der Waals surface area contributed by atoms with Gasteiger partial charge in [-0.15, -0.1) is 0 Å². The molecule has 168 valence electrons. The van der Waals surface area contributed by atoms with E-state index in [1.165, 1.54) is 42.5 Å². The second kappa shape index (κ2) is 10.7. The molecule has 0 aliphatic heterocycles. The number of methoxy groups -OCH3 is 1. The number of nitrogens with one attached hydrogen (secondary N) is 1. The van der Waals surface area contributed by atoms with Crippen LogP contribution in [0.2, 0.25) is 0 Å². The maximum Gasteiger partial charge on any atom is 0.307 e. The Balaban J connectivity index is 1.73. The fourth-order valence-electron chi connectivity index (χ4n) is 3.01. The van der Waals surface area contributed by atoms with Crippen molar-refractivity contribution in [2.24, 2.45) is 0 Å². The van der Waals surface area contributed by atoms with Gasteiger partial charge in [0.1, 0.15) is 5.76 Å². The van der Waals surface area contributed by atoms with Gasteiger partial charge in [-0.1, -0.05) is 30.3 Å². The van der Waals surface area contributed by atoms with Crippen LogP contribution in [0.1, 0.15) is 28.1 Å². The van der Waals surface area contributed by atoms with Gasteiger partial charge in [0, 0.05) is 18.7 Å². The fourth-order valence-corrected chi connectivity index (χ4v) is 4.00. The van der Waals surface area contributed by atoms with E-state index in [-0.39, 0.29) is 30.3 Å². The highest BCUT2D eigenvalue weighted by molar-refractivity contribution is 7.89. The number of ether oxygens (including phenoxy) is 1. The predicted molar refractivity (Wildman–Crippen MR) is 117 cm³/mol. The molecule has 3 aromatic rings. The smallest absolute Gasteiger partial charge is 0.307 e. The number of amides is 1. The fraction of sp³-hybridized carbons (Fsp3) is 0.217. The minimum absolute atomic E-state index is 0.0222. The standard InChI is InChI=1S/C23H24N2O6S/c1-30-22(26)13-14-25(17-18-6-3-2-4-7-18)23(27)19-9-11-21(12-10-19)32(28,29)24-16-20-8-5-15-31-20/h2-12,15,24H,13-14,16-17H2,1H3. The Morgan fingerprint density at radius 2 is 1.72 bits per heavy atom. The molecular weight excluding hydrogens is 432 g/mol. The molecule has 0 atom stereocenters. The van der Waals surface area contributed by atoms with Crippen molar-refractivity contribution in [2.45, 2.75) is 24.4 Å². The molecule has 9 heteroatoms. The Morgan fingerprint density at radius 3 is 2.34 bits per heavy atom. The minimum Gasteiger partial charge on any atom is -0.469 e. The van der Waals surface area contributed by atoms with Crippen LogP contribution in [0.3, 0.4) is 0 Å². The van der Waals surface area contributed by atoms with Gasteiger partial charge in [0.2, 0.25) is 10.0 Å². The van der Waals surface area contributed by atoms with Crippen LogP contribution in [-0.4, -0.2) is 38.8 Å². The summed E-state index contributed by atoms with van der Waals surface area (Å²) in [6.07, 6.45) is 1.52. The highest BCUT2D eigenvalue weighted by Crippen LogP contribution is 2.15. The second-order valence-electron chi connectivity index (χ2n) is 6.97. The summed E-state index contributed by atoms with van der Waals surface area (Å²) < 4.78 is 37.3. The molecule has 1 N–H and O–H groups in total. The van der Waals surface area contributed by atoms with Crippen LogP contribution in [0.15, 0.2) is 82.3 Å². The zero-order chi connectivity index (χ0) is 23.0. The van der Waals surface area contributed by atoms with Gasteiger partial charge in [0.25, 0.3) is 5.91 Å². The first-order valence-electron chi connectivity index (χ1n) is 9.91. The molecule has 3 rings (SSSR count). The summed E-state index contributed by atoms with van der Waals surface area (Å²) in [5.74, 6) is -0.243. The first-order chi connectivity index (χ1) is 15.4. The van der Waals surface area contributed by atoms with Crippen molar-refractivity contribution in [1.82, 2.24) is 9.62 Å². The van der Waals surface area contributed by atoms with Gasteiger partial charge in [-0.3, -0.25) is 9.59 Å². The third-order valence-electron chi connectivity index (χ3n) is 4.75. The maximum atomic E-state index is 13.1. The summed E-state index contributed by atoms with van der Waals surface area (Å²) >= 11 is 0. The number of esters is 1. The normalized spacial score (nSPS) is 11.2. The van der Waals surface area contributed by atoms with E-state index in [0.29, 0.717) is 17.9 Å². The molecule has 0 saturated heterocycles. The number of benzene rings is 2. The first-order valence-corrected chi connectivity index (χ1v) is 11.4. The predicted octanol–water partition coefficient (Wildman–Crippen LogP) is 2.96. The van der Waals surface area contributed by atoms with Crippen molar-refractivity contribution in [3.8, 4) is 0 Å². The highest BCUT2D eigenvalue weighted by atomic mass is 32.2.